The third kappa shape index (κ3) is 3.65. The molecule has 0 aliphatic rings. The van der Waals surface area contributed by atoms with Crippen molar-refractivity contribution in [2.24, 2.45) is 5.41 Å². The molecule has 18 heavy (non-hydrogen) atoms. The van der Waals surface area contributed by atoms with E-state index in [0.29, 0.717) is 0 Å². The molecular formula is C12H13F3O3. The quantitative estimate of drug-likeness (QED) is 0.906. The Labute approximate surface area is 102 Å². The van der Waals surface area contributed by atoms with Crippen molar-refractivity contribution in [3.05, 3.63) is 29.8 Å². The van der Waals surface area contributed by atoms with Crippen molar-refractivity contribution in [2.45, 2.75) is 20.0 Å². The van der Waals surface area contributed by atoms with E-state index in [2.05, 4.69) is 0 Å². The first-order chi connectivity index (χ1) is 8.13. The number of carboxylic acids is 1. The highest BCUT2D eigenvalue weighted by atomic mass is 19.4. The molecule has 0 aromatic heterocycles. The molecule has 0 amide bonds. The molecule has 0 aliphatic heterocycles. The van der Waals surface area contributed by atoms with Crippen LogP contribution in [-0.2, 0) is 11.0 Å². The van der Waals surface area contributed by atoms with Crippen LogP contribution in [0.15, 0.2) is 24.3 Å². The molecule has 0 saturated heterocycles. The number of hydrogen-bond acceptors (Lipinski definition) is 2. The van der Waals surface area contributed by atoms with E-state index in [4.69, 9.17) is 9.84 Å². The topological polar surface area (TPSA) is 46.5 Å². The average Bonchev–Trinajstić information content (AvgIpc) is 2.25. The lowest BCUT2D eigenvalue weighted by molar-refractivity contribution is -0.148. The number of alkyl halides is 3. The molecule has 0 radical (unpaired) electrons. The fraction of sp³-hybridized carbons (Fsp3) is 0.417. The van der Waals surface area contributed by atoms with Gasteiger partial charge in [0.05, 0.1) is 11.0 Å². The Balaban J connectivity index is 2.78. The Bertz CT molecular complexity index is 438. The Morgan fingerprint density at radius 1 is 1.33 bits per heavy atom. The summed E-state index contributed by atoms with van der Waals surface area (Å²) in [7, 11) is 0. The van der Waals surface area contributed by atoms with Gasteiger partial charge in [0.2, 0.25) is 0 Å². The Morgan fingerprint density at radius 2 is 1.94 bits per heavy atom. The van der Waals surface area contributed by atoms with Crippen LogP contribution >= 0.6 is 0 Å². The van der Waals surface area contributed by atoms with Gasteiger partial charge >= 0.3 is 12.1 Å². The number of carbonyl (C=O) groups is 1. The summed E-state index contributed by atoms with van der Waals surface area (Å²) in [4.78, 5) is 10.8. The lowest BCUT2D eigenvalue weighted by atomic mass is 9.95. The standard InChI is InChI=1S/C12H13F3O3/c1-11(2,10(16)17)7-18-9-5-3-4-8(6-9)12(13,14)15/h3-6H,7H2,1-2H3,(H,16,17). The minimum atomic E-state index is -4.44. The number of rotatable bonds is 4. The second-order valence-electron chi connectivity index (χ2n) is 4.50. The first-order valence-corrected chi connectivity index (χ1v) is 5.16. The minimum absolute atomic E-state index is 0.000787. The van der Waals surface area contributed by atoms with Gasteiger partial charge in [-0.3, -0.25) is 4.79 Å². The maximum atomic E-state index is 12.4. The summed E-state index contributed by atoms with van der Waals surface area (Å²) in [5.74, 6) is -1.08. The van der Waals surface area contributed by atoms with E-state index in [0.717, 1.165) is 12.1 Å². The molecule has 0 bridgehead atoms. The molecule has 100 valence electrons. The molecule has 3 nitrogen and oxygen atoms in total. The fourth-order valence-electron chi connectivity index (χ4n) is 1.09. The third-order valence-corrected chi connectivity index (χ3v) is 2.34. The predicted molar refractivity (Wildman–Crippen MR) is 58.4 cm³/mol. The van der Waals surface area contributed by atoms with Crippen molar-refractivity contribution >= 4 is 5.97 Å². The summed E-state index contributed by atoms with van der Waals surface area (Å²) in [6, 6.07) is 4.34. The molecule has 1 N–H and O–H groups in total. The summed E-state index contributed by atoms with van der Waals surface area (Å²) < 4.78 is 42.3. The molecule has 1 aromatic carbocycles. The number of benzene rings is 1. The van der Waals surface area contributed by atoms with Crippen molar-refractivity contribution in [2.75, 3.05) is 6.61 Å². The van der Waals surface area contributed by atoms with Crippen LogP contribution in [0.4, 0.5) is 13.2 Å². The van der Waals surface area contributed by atoms with Crippen molar-refractivity contribution < 1.29 is 27.8 Å². The van der Waals surface area contributed by atoms with E-state index in [1.165, 1.54) is 26.0 Å². The lowest BCUT2D eigenvalue weighted by Gasteiger charge is -2.19. The highest BCUT2D eigenvalue weighted by Crippen LogP contribution is 2.31. The van der Waals surface area contributed by atoms with Crippen molar-refractivity contribution in [1.29, 1.82) is 0 Å². The van der Waals surface area contributed by atoms with E-state index in [9.17, 15) is 18.0 Å². The van der Waals surface area contributed by atoms with E-state index >= 15 is 0 Å². The first-order valence-electron chi connectivity index (χ1n) is 5.16. The number of ether oxygens (including phenoxy) is 1. The molecule has 0 saturated carbocycles. The maximum Gasteiger partial charge on any atom is 0.416 e. The molecule has 0 aliphatic carbocycles. The van der Waals surface area contributed by atoms with Crippen molar-refractivity contribution in [1.82, 2.24) is 0 Å². The zero-order valence-corrected chi connectivity index (χ0v) is 9.91. The second-order valence-corrected chi connectivity index (χ2v) is 4.50. The van der Waals surface area contributed by atoms with Gasteiger partial charge in [0.15, 0.2) is 0 Å². The van der Waals surface area contributed by atoms with Crippen LogP contribution in [0, 0.1) is 5.41 Å². The van der Waals surface area contributed by atoms with Gasteiger partial charge in [-0.15, -0.1) is 0 Å². The lowest BCUT2D eigenvalue weighted by Crippen LogP contribution is -2.30. The van der Waals surface area contributed by atoms with E-state index in [1.807, 2.05) is 0 Å². The minimum Gasteiger partial charge on any atom is -0.492 e. The van der Waals surface area contributed by atoms with Gasteiger partial charge in [0, 0.05) is 0 Å². The number of aliphatic carboxylic acids is 1. The summed E-state index contributed by atoms with van der Waals surface area (Å²) in [5.41, 5.74) is -1.98. The second kappa shape index (κ2) is 4.88. The van der Waals surface area contributed by atoms with Gasteiger partial charge in [0.1, 0.15) is 12.4 Å². The maximum absolute atomic E-state index is 12.4. The van der Waals surface area contributed by atoms with E-state index < -0.39 is 23.1 Å². The van der Waals surface area contributed by atoms with Gasteiger partial charge in [-0.2, -0.15) is 13.2 Å². The van der Waals surface area contributed by atoms with Gasteiger partial charge in [0.25, 0.3) is 0 Å². The van der Waals surface area contributed by atoms with Crippen LogP contribution in [0.1, 0.15) is 19.4 Å². The molecule has 0 spiro atoms. The van der Waals surface area contributed by atoms with Gasteiger partial charge in [-0.1, -0.05) is 6.07 Å². The van der Waals surface area contributed by atoms with Crippen LogP contribution in [0.25, 0.3) is 0 Å². The molecule has 0 unspecified atom stereocenters. The van der Waals surface area contributed by atoms with Gasteiger partial charge < -0.3 is 9.84 Å². The first kappa shape index (κ1) is 14.3. The highest BCUT2D eigenvalue weighted by molar-refractivity contribution is 5.73. The SMILES string of the molecule is CC(C)(COc1cccc(C(F)(F)F)c1)C(=O)O. The molecule has 0 fully saturated rings. The highest BCUT2D eigenvalue weighted by Gasteiger charge is 2.31. The fourth-order valence-corrected chi connectivity index (χ4v) is 1.09. The smallest absolute Gasteiger partial charge is 0.416 e. The normalized spacial score (nSPS) is 12.3. The largest absolute Gasteiger partial charge is 0.492 e. The van der Waals surface area contributed by atoms with E-state index in [-0.39, 0.29) is 12.4 Å². The number of hydrogen-bond donors (Lipinski definition) is 1. The van der Waals surface area contributed by atoms with Crippen LogP contribution in [0.5, 0.6) is 5.75 Å². The zero-order chi connectivity index (χ0) is 14.0. The number of carboxylic acid groups (broad SMARTS) is 1. The Kier molecular flexibility index (Phi) is 3.88. The van der Waals surface area contributed by atoms with Crippen LogP contribution in [0.3, 0.4) is 0 Å². The summed E-state index contributed by atoms with van der Waals surface area (Å²) >= 11 is 0. The Morgan fingerprint density at radius 3 is 2.44 bits per heavy atom. The molecule has 1 aromatic rings. The van der Waals surface area contributed by atoms with Crippen LogP contribution in [-0.4, -0.2) is 17.7 Å². The third-order valence-electron chi connectivity index (χ3n) is 2.34. The average molecular weight is 262 g/mol. The number of halogens is 3. The van der Waals surface area contributed by atoms with Crippen molar-refractivity contribution in [3.63, 3.8) is 0 Å². The van der Waals surface area contributed by atoms with Crippen LogP contribution in [0.2, 0.25) is 0 Å². The van der Waals surface area contributed by atoms with Crippen molar-refractivity contribution in [3.8, 4) is 5.75 Å². The summed E-state index contributed by atoms with van der Waals surface area (Å²) in [6.07, 6.45) is -4.44. The molecule has 6 heteroatoms. The molecule has 0 atom stereocenters. The molecular weight excluding hydrogens is 249 g/mol. The zero-order valence-electron chi connectivity index (χ0n) is 9.91. The monoisotopic (exact) mass is 262 g/mol. The molecule has 0 heterocycles. The van der Waals surface area contributed by atoms with Crippen LogP contribution < -0.4 is 4.74 Å². The van der Waals surface area contributed by atoms with E-state index in [1.54, 1.807) is 0 Å². The molecule has 1 rings (SSSR count). The summed E-state index contributed by atoms with van der Waals surface area (Å²) in [6.45, 7) is 2.66. The predicted octanol–water partition coefficient (Wildman–Crippen LogP) is 3.20. The Hall–Kier alpha value is -1.72. The summed E-state index contributed by atoms with van der Waals surface area (Å²) in [5, 5.41) is 8.84. The van der Waals surface area contributed by atoms with Gasteiger partial charge in [-0.25, -0.2) is 0 Å². The van der Waals surface area contributed by atoms with Gasteiger partial charge in [-0.05, 0) is 32.0 Å².